The molecule has 1 fully saturated rings. The molecule has 0 aliphatic carbocycles. The van der Waals surface area contributed by atoms with Gasteiger partial charge in [0.15, 0.2) is 11.5 Å². The first-order valence-corrected chi connectivity index (χ1v) is 18.7. The lowest BCUT2D eigenvalue weighted by atomic mass is 9.84. The highest BCUT2D eigenvalue weighted by molar-refractivity contribution is 6.09. The Bertz CT molecular complexity index is 2120. The van der Waals surface area contributed by atoms with Gasteiger partial charge in [-0.25, -0.2) is 4.79 Å². The molecule has 3 N–H and O–H groups in total. The lowest BCUT2D eigenvalue weighted by Gasteiger charge is -2.27. The molecule has 0 radical (unpaired) electrons. The number of benzene rings is 4. The Kier molecular flexibility index (Phi) is 12.5. The standard InChI is InChI=1S/C44H51N5O6/c1-44(2,3)30-25-37(40(50)12-9-19-49-20-17-45-18-21-49)42(54-6)39(26-30)48-43(51)47-38-13-14-41(36-11-8-7-10-35(36)38)55-32-15-16-46-31(27-32)22-29-23-33(52-4)28-34(24-29)53-5/h7-8,10-11,13-16,23-28,45H,9,12,17-22H2,1-6H3,(H2,47,48,51). The number of nitrogens with zero attached hydrogens (tertiary/aromatic N) is 2. The summed E-state index contributed by atoms with van der Waals surface area (Å²) in [7, 11) is 4.78. The largest absolute Gasteiger partial charge is 0.497 e. The number of aromatic nitrogens is 1. The first kappa shape index (κ1) is 39.1. The number of piperazine rings is 1. The summed E-state index contributed by atoms with van der Waals surface area (Å²) < 4.78 is 23.1. The van der Waals surface area contributed by atoms with Gasteiger partial charge in [0.05, 0.1) is 38.3 Å². The van der Waals surface area contributed by atoms with Crippen molar-refractivity contribution >= 4 is 34.0 Å². The normalized spacial score (nSPS) is 13.3. The molecule has 2 amide bonds. The molecule has 0 spiro atoms. The summed E-state index contributed by atoms with van der Waals surface area (Å²) >= 11 is 0. The van der Waals surface area contributed by atoms with E-state index in [1.165, 1.54) is 7.11 Å². The van der Waals surface area contributed by atoms with Crippen molar-refractivity contribution in [3.8, 4) is 28.7 Å². The number of ether oxygens (including phenoxy) is 4. The Morgan fingerprint density at radius 1 is 0.800 bits per heavy atom. The Hall–Kier alpha value is -5.65. The zero-order chi connectivity index (χ0) is 39.0. The van der Waals surface area contributed by atoms with Crippen LogP contribution in [-0.4, -0.2) is 75.8 Å². The Balaban J connectivity index is 1.19. The van der Waals surface area contributed by atoms with Gasteiger partial charge in [0, 0.05) is 73.8 Å². The number of fused-ring (bicyclic) bond motifs is 1. The number of hydrogen-bond donors (Lipinski definition) is 3. The van der Waals surface area contributed by atoms with E-state index in [1.807, 2.05) is 78.9 Å². The van der Waals surface area contributed by atoms with Crippen LogP contribution >= 0.6 is 0 Å². The molecule has 2 heterocycles. The summed E-state index contributed by atoms with van der Waals surface area (Å²) in [6, 6.07) is 24.2. The number of anilines is 2. The third kappa shape index (κ3) is 9.92. The highest BCUT2D eigenvalue weighted by atomic mass is 16.5. The number of carbonyl (C=O) groups excluding carboxylic acids is 2. The van der Waals surface area contributed by atoms with E-state index in [9.17, 15) is 9.59 Å². The smallest absolute Gasteiger partial charge is 0.323 e. The minimum Gasteiger partial charge on any atom is -0.497 e. The lowest BCUT2D eigenvalue weighted by Crippen LogP contribution is -2.43. The van der Waals surface area contributed by atoms with Crippen LogP contribution in [0.15, 0.2) is 85.1 Å². The van der Waals surface area contributed by atoms with Crippen LogP contribution in [0.4, 0.5) is 16.2 Å². The molecule has 1 saturated heterocycles. The van der Waals surface area contributed by atoms with Crippen molar-refractivity contribution in [2.24, 2.45) is 0 Å². The molecule has 11 heteroatoms. The quantitative estimate of drug-likeness (QED) is 0.0961. The van der Waals surface area contributed by atoms with E-state index in [-0.39, 0.29) is 11.2 Å². The SMILES string of the molecule is COc1cc(Cc2cc(Oc3ccc(NC(=O)Nc4cc(C(C)(C)C)cc(C(=O)CCCN5CCNCC5)c4OC)c4ccccc34)ccn2)cc(OC)c1. The van der Waals surface area contributed by atoms with Crippen molar-refractivity contribution in [2.45, 2.75) is 45.4 Å². The fourth-order valence-electron chi connectivity index (χ4n) is 6.78. The molecule has 55 heavy (non-hydrogen) atoms. The van der Waals surface area contributed by atoms with Crippen LogP contribution in [0, 0.1) is 0 Å². The maximum atomic E-state index is 13.7. The average molecular weight is 746 g/mol. The molecular weight excluding hydrogens is 695 g/mol. The van der Waals surface area contributed by atoms with E-state index < -0.39 is 6.03 Å². The molecule has 4 aromatic carbocycles. The molecule has 1 aliphatic rings. The monoisotopic (exact) mass is 745 g/mol. The molecule has 11 nitrogen and oxygen atoms in total. The predicted octanol–water partition coefficient (Wildman–Crippen LogP) is 8.45. The Labute approximate surface area is 323 Å². The van der Waals surface area contributed by atoms with Crippen LogP contribution in [0.25, 0.3) is 10.8 Å². The molecule has 0 unspecified atom stereocenters. The van der Waals surface area contributed by atoms with Crippen molar-refractivity contribution in [3.63, 3.8) is 0 Å². The van der Waals surface area contributed by atoms with Gasteiger partial charge in [-0.3, -0.25) is 9.78 Å². The van der Waals surface area contributed by atoms with E-state index in [2.05, 4.69) is 46.6 Å². The van der Waals surface area contributed by atoms with Gasteiger partial charge in [0.2, 0.25) is 0 Å². The minimum atomic E-state index is -0.465. The summed E-state index contributed by atoms with van der Waals surface area (Å²) in [4.78, 5) is 34.3. The van der Waals surface area contributed by atoms with Crippen molar-refractivity contribution in [2.75, 3.05) is 64.7 Å². The second-order valence-electron chi connectivity index (χ2n) is 14.7. The molecular formula is C44H51N5O6. The van der Waals surface area contributed by atoms with Crippen molar-refractivity contribution in [1.29, 1.82) is 0 Å². The highest BCUT2D eigenvalue weighted by Crippen LogP contribution is 2.38. The lowest BCUT2D eigenvalue weighted by molar-refractivity contribution is 0.0970. The van der Waals surface area contributed by atoms with Gasteiger partial charge in [0.25, 0.3) is 0 Å². The van der Waals surface area contributed by atoms with Gasteiger partial charge in [-0.1, -0.05) is 45.0 Å². The summed E-state index contributed by atoms with van der Waals surface area (Å²) in [5.41, 5.74) is 3.95. The molecule has 288 valence electrons. The van der Waals surface area contributed by atoms with Gasteiger partial charge in [-0.2, -0.15) is 0 Å². The number of Topliss-reactive ketones (excluding diaryl/α,β-unsaturated/α-hetero) is 1. The number of carbonyl (C=O) groups is 2. The van der Waals surface area contributed by atoms with Gasteiger partial charge in [0.1, 0.15) is 23.0 Å². The number of rotatable bonds is 14. The molecule has 1 aromatic heterocycles. The zero-order valence-electron chi connectivity index (χ0n) is 32.6. The number of pyridine rings is 1. The van der Waals surface area contributed by atoms with Crippen LogP contribution < -0.4 is 34.9 Å². The fraction of sp³-hybridized carbons (Fsp3) is 0.341. The molecule has 6 rings (SSSR count). The summed E-state index contributed by atoms with van der Waals surface area (Å²) in [6.07, 6.45) is 3.41. The van der Waals surface area contributed by atoms with Crippen molar-refractivity contribution in [1.82, 2.24) is 15.2 Å². The first-order valence-electron chi connectivity index (χ1n) is 18.7. The zero-order valence-corrected chi connectivity index (χ0v) is 32.6. The molecule has 5 aromatic rings. The van der Waals surface area contributed by atoms with Gasteiger partial charge < -0.3 is 39.8 Å². The topological polar surface area (TPSA) is 123 Å². The highest BCUT2D eigenvalue weighted by Gasteiger charge is 2.24. The summed E-state index contributed by atoms with van der Waals surface area (Å²) in [5.74, 6) is 3.02. The van der Waals surface area contributed by atoms with Crippen LogP contribution in [0.5, 0.6) is 28.7 Å². The van der Waals surface area contributed by atoms with Crippen LogP contribution in [0.2, 0.25) is 0 Å². The Morgan fingerprint density at radius 2 is 1.51 bits per heavy atom. The van der Waals surface area contributed by atoms with E-state index in [1.54, 1.807) is 20.4 Å². The van der Waals surface area contributed by atoms with Gasteiger partial charge >= 0.3 is 6.03 Å². The predicted molar refractivity (Wildman–Crippen MR) is 218 cm³/mol. The molecule has 0 saturated carbocycles. The first-order chi connectivity index (χ1) is 26.5. The van der Waals surface area contributed by atoms with Crippen LogP contribution in [-0.2, 0) is 11.8 Å². The third-order valence-corrected chi connectivity index (χ3v) is 9.74. The van der Waals surface area contributed by atoms with E-state index in [0.29, 0.717) is 58.5 Å². The van der Waals surface area contributed by atoms with Crippen molar-refractivity contribution in [3.05, 3.63) is 107 Å². The van der Waals surface area contributed by atoms with Crippen LogP contribution in [0.3, 0.4) is 0 Å². The van der Waals surface area contributed by atoms with Crippen molar-refractivity contribution < 1.29 is 28.5 Å². The molecule has 0 bridgehead atoms. The minimum absolute atomic E-state index is 0.00929. The number of hydrogen-bond acceptors (Lipinski definition) is 9. The number of methoxy groups -OCH3 is 3. The molecule has 1 aliphatic heterocycles. The number of nitrogens with one attached hydrogen (secondary N) is 3. The van der Waals surface area contributed by atoms with Gasteiger partial charge in [-0.15, -0.1) is 0 Å². The maximum absolute atomic E-state index is 13.7. The summed E-state index contributed by atoms with van der Waals surface area (Å²) in [6.45, 7) is 11.0. The number of amides is 2. The van der Waals surface area contributed by atoms with E-state index in [0.717, 1.165) is 66.7 Å². The second kappa shape index (κ2) is 17.7. The maximum Gasteiger partial charge on any atom is 0.323 e. The third-order valence-electron chi connectivity index (χ3n) is 9.74. The van der Waals surface area contributed by atoms with Gasteiger partial charge in [-0.05, 0) is 72.0 Å². The second-order valence-corrected chi connectivity index (χ2v) is 14.7. The fourth-order valence-corrected chi connectivity index (χ4v) is 6.78. The Morgan fingerprint density at radius 3 is 2.20 bits per heavy atom. The van der Waals surface area contributed by atoms with E-state index in [4.69, 9.17) is 18.9 Å². The summed E-state index contributed by atoms with van der Waals surface area (Å²) in [5, 5.41) is 11.0. The van der Waals surface area contributed by atoms with Crippen LogP contribution in [0.1, 0.15) is 60.8 Å². The number of urea groups is 1. The molecule has 0 atom stereocenters. The number of ketones is 1. The average Bonchev–Trinajstić information content (AvgIpc) is 3.18. The van der Waals surface area contributed by atoms with E-state index >= 15 is 0 Å².